The number of hydrogen-bond donors (Lipinski definition) is 3. The Bertz CT molecular complexity index is 579. The molecule has 0 atom stereocenters. The molecular formula is C14H19N5O2. The number of rotatable bonds is 7. The molecule has 0 spiro atoms. The van der Waals surface area contributed by atoms with Crippen LogP contribution in [0.25, 0.3) is 0 Å². The summed E-state index contributed by atoms with van der Waals surface area (Å²) in [5.41, 5.74) is 2.33. The zero-order valence-corrected chi connectivity index (χ0v) is 11.9. The van der Waals surface area contributed by atoms with E-state index in [1.54, 1.807) is 23.0 Å². The molecule has 0 aliphatic heterocycles. The van der Waals surface area contributed by atoms with E-state index in [-0.39, 0.29) is 12.5 Å². The zero-order chi connectivity index (χ0) is 15.1. The third-order valence-electron chi connectivity index (χ3n) is 2.87. The summed E-state index contributed by atoms with van der Waals surface area (Å²) in [6.45, 7) is 3.51. The quantitative estimate of drug-likeness (QED) is 0.695. The lowest BCUT2D eigenvalue weighted by Crippen LogP contribution is -2.22. The Morgan fingerprint density at radius 2 is 2.10 bits per heavy atom. The van der Waals surface area contributed by atoms with Crippen molar-refractivity contribution in [1.82, 2.24) is 20.3 Å². The number of aliphatic hydroxyl groups is 1. The minimum atomic E-state index is -0.0732. The van der Waals surface area contributed by atoms with Crippen LogP contribution in [0.5, 0.6) is 0 Å². The van der Waals surface area contributed by atoms with Crippen molar-refractivity contribution in [3.05, 3.63) is 41.7 Å². The summed E-state index contributed by atoms with van der Waals surface area (Å²) in [6, 6.07) is 7.25. The minimum Gasteiger partial charge on any atom is -0.394 e. The highest BCUT2D eigenvalue weighted by molar-refractivity contribution is 5.94. The third kappa shape index (κ3) is 4.28. The Morgan fingerprint density at radius 3 is 2.76 bits per heavy atom. The number of amides is 1. The number of hydrogen-bond acceptors (Lipinski definition) is 5. The van der Waals surface area contributed by atoms with Gasteiger partial charge in [-0.2, -0.15) is 0 Å². The van der Waals surface area contributed by atoms with Gasteiger partial charge in [0.15, 0.2) is 0 Å². The smallest absolute Gasteiger partial charge is 0.251 e. The number of aliphatic hydroxyl groups excluding tert-OH is 1. The first-order valence-electron chi connectivity index (χ1n) is 6.85. The highest BCUT2D eigenvalue weighted by atomic mass is 16.3. The Morgan fingerprint density at radius 1 is 1.33 bits per heavy atom. The summed E-state index contributed by atoms with van der Waals surface area (Å²) in [5.74, 6) is -0.0732. The Hall–Kier alpha value is -2.41. The van der Waals surface area contributed by atoms with E-state index in [1.165, 1.54) is 0 Å². The van der Waals surface area contributed by atoms with Crippen LogP contribution in [-0.2, 0) is 13.1 Å². The minimum absolute atomic E-state index is 0.0392. The van der Waals surface area contributed by atoms with Crippen molar-refractivity contribution < 1.29 is 9.90 Å². The standard InChI is InChI=1S/C14H19N5O2/c1-2-15-14(21)11-3-5-12(6-4-11)16-9-13-10-19(7-8-20)18-17-13/h3-6,10,16,20H,2,7-9H2,1H3,(H,15,21). The van der Waals surface area contributed by atoms with E-state index < -0.39 is 0 Å². The molecule has 21 heavy (non-hydrogen) atoms. The number of carbonyl (C=O) groups excluding carboxylic acids is 1. The van der Waals surface area contributed by atoms with Crippen molar-refractivity contribution in [2.75, 3.05) is 18.5 Å². The predicted octanol–water partition coefficient (Wildman–Crippen LogP) is 0.632. The maximum absolute atomic E-state index is 11.6. The molecule has 3 N–H and O–H groups in total. The van der Waals surface area contributed by atoms with Gasteiger partial charge in [-0.3, -0.25) is 4.79 Å². The normalized spacial score (nSPS) is 10.4. The van der Waals surface area contributed by atoms with Crippen molar-refractivity contribution >= 4 is 11.6 Å². The van der Waals surface area contributed by atoms with Crippen LogP contribution in [0, 0.1) is 0 Å². The van der Waals surface area contributed by atoms with Crippen LogP contribution in [-0.4, -0.2) is 39.2 Å². The average molecular weight is 289 g/mol. The van der Waals surface area contributed by atoms with E-state index in [0.29, 0.717) is 25.2 Å². The van der Waals surface area contributed by atoms with Crippen molar-refractivity contribution in [3.8, 4) is 0 Å². The molecule has 112 valence electrons. The predicted molar refractivity (Wildman–Crippen MR) is 78.9 cm³/mol. The lowest BCUT2D eigenvalue weighted by molar-refractivity contribution is 0.0956. The van der Waals surface area contributed by atoms with Gasteiger partial charge in [0.25, 0.3) is 5.91 Å². The van der Waals surface area contributed by atoms with E-state index in [4.69, 9.17) is 5.11 Å². The van der Waals surface area contributed by atoms with E-state index in [9.17, 15) is 4.79 Å². The van der Waals surface area contributed by atoms with E-state index in [0.717, 1.165) is 11.4 Å². The Labute approximate surface area is 123 Å². The van der Waals surface area contributed by atoms with Gasteiger partial charge in [-0.1, -0.05) is 5.21 Å². The second kappa shape index (κ2) is 7.39. The summed E-state index contributed by atoms with van der Waals surface area (Å²) >= 11 is 0. The lowest BCUT2D eigenvalue weighted by atomic mass is 10.2. The van der Waals surface area contributed by atoms with Gasteiger partial charge < -0.3 is 15.7 Å². The Kier molecular flexibility index (Phi) is 5.28. The molecule has 0 unspecified atom stereocenters. The fourth-order valence-corrected chi connectivity index (χ4v) is 1.83. The number of benzene rings is 1. The molecule has 1 aromatic heterocycles. The van der Waals surface area contributed by atoms with Crippen molar-refractivity contribution in [1.29, 1.82) is 0 Å². The van der Waals surface area contributed by atoms with E-state index in [1.807, 2.05) is 19.1 Å². The van der Waals surface area contributed by atoms with Crippen LogP contribution in [0.4, 0.5) is 5.69 Å². The van der Waals surface area contributed by atoms with Gasteiger partial charge >= 0.3 is 0 Å². The largest absolute Gasteiger partial charge is 0.394 e. The number of anilines is 1. The van der Waals surface area contributed by atoms with Gasteiger partial charge in [0.2, 0.25) is 0 Å². The summed E-state index contributed by atoms with van der Waals surface area (Å²) in [7, 11) is 0. The third-order valence-corrected chi connectivity index (χ3v) is 2.87. The zero-order valence-electron chi connectivity index (χ0n) is 11.9. The number of aromatic nitrogens is 3. The maximum Gasteiger partial charge on any atom is 0.251 e. The molecule has 7 nitrogen and oxygen atoms in total. The highest BCUT2D eigenvalue weighted by Gasteiger charge is 2.04. The molecule has 0 aliphatic rings. The fourth-order valence-electron chi connectivity index (χ4n) is 1.83. The van der Waals surface area contributed by atoms with Crippen LogP contribution >= 0.6 is 0 Å². The van der Waals surface area contributed by atoms with E-state index in [2.05, 4.69) is 20.9 Å². The molecule has 1 heterocycles. The van der Waals surface area contributed by atoms with Crippen molar-refractivity contribution in [2.24, 2.45) is 0 Å². The maximum atomic E-state index is 11.6. The van der Waals surface area contributed by atoms with Crippen LogP contribution in [0.15, 0.2) is 30.5 Å². The molecule has 2 aromatic rings. The lowest BCUT2D eigenvalue weighted by Gasteiger charge is -2.06. The molecule has 0 radical (unpaired) electrons. The highest BCUT2D eigenvalue weighted by Crippen LogP contribution is 2.10. The SMILES string of the molecule is CCNC(=O)c1ccc(NCc2cn(CCO)nn2)cc1. The first-order valence-corrected chi connectivity index (χ1v) is 6.85. The topological polar surface area (TPSA) is 92.1 Å². The Balaban J connectivity index is 1.89. The summed E-state index contributed by atoms with van der Waals surface area (Å²) in [5, 5.41) is 22.7. The molecule has 0 aliphatic carbocycles. The van der Waals surface area contributed by atoms with Gasteiger partial charge in [0, 0.05) is 17.8 Å². The molecule has 0 fully saturated rings. The second-order valence-corrected chi connectivity index (χ2v) is 4.49. The first kappa shape index (κ1) is 15.0. The van der Waals surface area contributed by atoms with E-state index >= 15 is 0 Å². The number of nitrogens with one attached hydrogen (secondary N) is 2. The summed E-state index contributed by atoms with van der Waals surface area (Å²) in [6.07, 6.45) is 1.78. The second-order valence-electron chi connectivity index (χ2n) is 4.49. The van der Waals surface area contributed by atoms with Crippen LogP contribution in [0.3, 0.4) is 0 Å². The van der Waals surface area contributed by atoms with Crippen LogP contribution in [0.1, 0.15) is 23.0 Å². The molecular weight excluding hydrogens is 270 g/mol. The van der Waals surface area contributed by atoms with Crippen LogP contribution in [0.2, 0.25) is 0 Å². The monoisotopic (exact) mass is 289 g/mol. The summed E-state index contributed by atoms with van der Waals surface area (Å²) in [4.78, 5) is 11.6. The molecule has 2 rings (SSSR count). The fraction of sp³-hybridized carbons (Fsp3) is 0.357. The molecule has 0 saturated heterocycles. The molecule has 7 heteroatoms. The van der Waals surface area contributed by atoms with Crippen molar-refractivity contribution in [3.63, 3.8) is 0 Å². The summed E-state index contributed by atoms with van der Waals surface area (Å²) < 4.78 is 1.59. The molecule has 1 aromatic carbocycles. The van der Waals surface area contributed by atoms with Gasteiger partial charge in [-0.15, -0.1) is 5.10 Å². The van der Waals surface area contributed by atoms with Gasteiger partial charge in [-0.25, -0.2) is 4.68 Å². The van der Waals surface area contributed by atoms with Gasteiger partial charge in [0.05, 0.1) is 25.9 Å². The molecule has 0 saturated carbocycles. The van der Waals surface area contributed by atoms with Crippen molar-refractivity contribution in [2.45, 2.75) is 20.0 Å². The van der Waals surface area contributed by atoms with Crippen LogP contribution < -0.4 is 10.6 Å². The number of carbonyl (C=O) groups is 1. The molecule has 1 amide bonds. The number of nitrogens with zero attached hydrogens (tertiary/aromatic N) is 3. The van der Waals surface area contributed by atoms with Gasteiger partial charge in [-0.05, 0) is 31.2 Å². The average Bonchev–Trinajstić information content (AvgIpc) is 2.94. The molecule has 0 bridgehead atoms. The first-order chi connectivity index (χ1) is 10.2. The van der Waals surface area contributed by atoms with Gasteiger partial charge in [0.1, 0.15) is 5.69 Å².